The Labute approximate surface area is 183 Å². The number of alkyl halides is 3. The summed E-state index contributed by atoms with van der Waals surface area (Å²) < 4.78 is 53.7. The smallest absolute Gasteiger partial charge is 0.277 e. The molecular weight excluding hydrogens is 446 g/mol. The summed E-state index contributed by atoms with van der Waals surface area (Å²) in [4.78, 5) is 29.6. The van der Waals surface area contributed by atoms with Crippen LogP contribution < -0.4 is 10.2 Å². The standard InChI is InChI=1S/C22H13F4N3O2S/c23-16-7-12(13-8-18(32-10-13)22(24,25)26)2-4-15(16)19-20(30)28-21(31)29(19)14-3-1-11-5-6-27-17(11)9-14/h1-4,6-10,19H,5H2,(H,28,30,31). The number of imide groups is 1. The number of nitrogens with zero attached hydrogens (tertiary/aromatic N) is 2. The van der Waals surface area contributed by atoms with Gasteiger partial charge in [-0.2, -0.15) is 13.2 Å². The summed E-state index contributed by atoms with van der Waals surface area (Å²) in [6.07, 6.45) is -2.09. The van der Waals surface area contributed by atoms with E-state index in [9.17, 15) is 22.8 Å². The van der Waals surface area contributed by atoms with Crippen LogP contribution in [0.25, 0.3) is 11.1 Å². The molecule has 1 atom stereocenters. The predicted molar refractivity (Wildman–Crippen MR) is 112 cm³/mol. The Hall–Kier alpha value is -3.53. The third kappa shape index (κ3) is 3.36. The van der Waals surface area contributed by atoms with Crippen molar-refractivity contribution in [2.45, 2.75) is 18.6 Å². The first kappa shape index (κ1) is 20.4. The number of urea groups is 1. The molecule has 3 aromatic rings. The van der Waals surface area contributed by atoms with E-state index in [-0.39, 0.29) is 16.7 Å². The van der Waals surface area contributed by atoms with Gasteiger partial charge in [0.15, 0.2) is 0 Å². The van der Waals surface area contributed by atoms with E-state index in [1.165, 1.54) is 17.5 Å². The van der Waals surface area contributed by atoms with Crippen molar-refractivity contribution in [2.75, 3.05) is 4.90 Å². The number of nitrogens with one attached hydrogen (secondary N) is 1. The Morgan fingerprint density at radius 3 is 2.59 bits per heavy atom. The highest BCUT2D eigenvalue weighted by Gasteiger charge is 2.42. The third-order valence-corrected chi connectivity index (χ3v) is 6.33. The van der Waals surface area contributed by atoms with Gasteiger partial charge in [-0.05, 0) is 46.3 Å². The van der Waals surface area contributed by atoms with Gasteiger partial charge < -0.3 is 0 Å². The molecule has 0 saturated carbocycles. The second-order valence-electron chi connectivity index (χ2n) is 7.33. The molecule has 3 heterocycles. The number of hydrogen-bond donors (Lipinski definition) is 1. The Kier molecular flexibility index (Phi) is 4.63. The van der Waals surface area contributed by atoms with E-state index in [1.54, 1.807) is 24.4 Å². The van der Waals surface area contributed by atoms with Gasteiger partial charge >= 0.3 is 12.2 Å². The van der Waals surface area contributed by atoms with E-state index in [1.807, 2.05) is 0 Å². The maximum Gasteiger partial charge on any atom is 0.425 e. The van der Waals surface area contributed by atoms with Crippen molar-refractivity contribution in [3.8, 4) is 11.1 Å². The monoisotopic (exact) mass is 459 g/mol. The molecule has 32 heavy (non-hydrogen) atoms. The molecule has 1 saturated heterocycles. The Balaban J connectivity index is 1.51. The SMILES string of the molecule is O=C1NC(=O)N(c2ccc3c(c2)N=CC3)C1c1ccc(-c2csc(C(F)(F)F)c2)cc1F. The molecular formula is C22H13F4N3O2S. The van der Waals surface area contributed by atoms with E-state index >= 15 is 4.39 Å². The van der Waals surface area contributed by atoms with Crippen molar-refractivity contribution in [1.29, 1.82) is 0 Å². The fourth-order valence-corrected chi connectivity index (χ4v) is 4.60. The van der Waals surface area contributed by atoms with Crippen molar-refractivity contribution in [1.82, 2.24) is 5.32 Å². The lowest BCUT2D eigenvalue weighted by Gasteiger charge is -2.23. The number of anilines is 1. The highest BCUT2D eigenvalue weighted by molar-refractivity contribution is 7.10. The molecule has 0 spiro atoms. The second kappa shape index (κ2) is 7.27. The maximum atomic E-state index is 15.1. The molecule has 1 N–H and O–H groups in total. The molecule has 5 rings (SSSR count). The number of carbonyl (C=O) groups is 2. The fourth-order valence-electron chi connectivity index (χ4n) is 3.82. The molecule has 2 aliphatic rings. The van der Waals surface area contributed by atoms with Gasteiger partial charge in [-0.25, -0.2) is 9.18 Å². The second-order valence-corrected chi connectivity index (χ2v) is 8.24. The number of hydrogen-bond acceptors (Lipinski definition) is 4. The number of fused-ring (bicyclic) bond motifs is 1. The van der Waals surface area contributed by atoms with Crippen LogP contribution >= 0.6 is 11.3 Å². The van der Waals surface area contributed by atoms with E-state index in [0.29, 0.717) is 29.1 Å². The zero-order chi connectivity index (χ0) is 22.6. The van der Waals surface area contributed by atoms with Gasteiger partial charge in [0.25, 0.3) is 5.91 Å². The minimum absolute atomic E-state index is 0.0626. The summed E-state index contributed by atoms with van der Waals surface area (Å²) in [6.45, 7) is 0. The lowest BCUT2D eigenvalue weighted by Crippen LogP contribution is -2.30. The van der Waals surface area contributed by atoms with E-state index < -0.39 is 34.9 Å². The Morgan fingerprint density at radius 1 is 1.06 bits per heavy atom. The first-order valence-corrected chi connectivity index (χ1v) is 10.4. The number of amides is 3. The third-order valence-electron chi connectivity index (χ3n) is 5.35. The summed E-state index contributed by atoms with van der Waals surface area (Å²) in [5, 5.41) is 3.49. The molecule has 162 valence electrons. The van der Waals surface area contributed by atoms with Crippen molar-refractivity contribution in [3.63, 3.8) is 0 Å². The summed E-state index contributed by atoms with van der Waals surface area (Å²) >= 11 is 0.519. The number of benzene rings is 2. The Morgan fingerprint density at radius 2 is 1.88 bits per heavy atom. The average Bonchev–Trinajstić information content (AvgIpc) is 3.45. The molecule has 0 aliphatic carbocycles. The minimum atomic E-state index is -4.48. The van der Waals surface area contributed by atoms with Gasteiger partial charge in [0.05, 0.1) is 5.69 Å². The quantitative estimate of drug-likeness (QED) is 0.408. The van der Waals surface area contributed by atoms with Crippen molar-refractivity contribution in [2.24, 2.45) is 4.99 Å². The number of rotatable bonds is 3. The van der Waals surface area contributed by atoms with Gasteiger partial charge in [-0.3, -0.25) is 20.0 Å². The zero-order valence-electron chi connectivity index (χ0n) is 16.1. The van der Waals surface area contributed by atoms with Crippen LogP contribution in [0.2, 0.25) is 0 Å². The molecule has 5 nitrogen and oxygen atoms in total. The summed E-state index contributed by atoms with van der Waals surface area (Å²) in [6, 6.07) is 7.92. The van der Waals surface area contributed by atoms with Crippen LogP contribution in [0.1, 0.15) is 22.0 Å². The molecule has 3 amide bonds. The van der Waals surface area contributed by atoms with Gasteiger partial charge in [-0.1, -0.05) is 18.2 Å². The normalized spacial score (nSPS) is 17.8. The molecule has 0 radical (unpaired) electrons. The van der Waals surface area contributed by atoms with Crippen molar-refractivity contribution in [3.05, 3.63) is 69.7 Å². The largest absolute Gasteiger partial charge is 0.425 e. The molecule has 1 unspecified atom stereocenters. The van der Waals surface area contributed by atoms with Gasteiger partial charge in [0.2, 0.25) is 0 Å². The number of carbonyl (C=O) groups excluding carboxylic acids is 2. The van der Waals surface area contributed by atoms with Crippen LogP contribution in [-0.2, 0) is 17.4 Å². The van der Waals surface area contributed by atoms with Gasteiger partial charge in [-0.15, -0.1) is 11.3 Å². The highest BCUT2D eigenvalue weighted by Crippen LogP contribution is 2.40. The van der Waals surface area contributed by atoms with E-state index in [0.717, 1.165) is 22.6 Å². The van der Waals surface area contributed by atoms with Crippen LogP contribution in [0.15, 0.2) is 52.8 Å². The maximum absolute atomic E-state index is 15.1. The van der Waals surface area contributed by atoms with Crippen LogP contribution in [0, 0.1) is 5.82 Å². The van der Waals surface area contributed by atoms with Gasteiger partial charge in [0, 0.05) is 23.9 Å². The van der Waals surface area contributed by atoms with Crippen LogP contribution in [0.3, 0.4) is 0 Å². The topological polar surface area (TPSA) is 61.8 Å². The summed E-state index contributed by atoms with van der Waals surface area (Å²) in [5.74, 6) is -1.50. The molecule has 1 fully saturated rings. The summed E-state index contributed by atoms with van der Waals surface area (Å²) in [5.41, 5.74) is 2.41. The van der Waals surface area contributed by atoms with Crippen LogP contribution in [-0.4, -0.2) is 18.2 Å². The Bertz CT molecular complexity index is 1300. The number of halogens is 4. The predicted octanol–water partition coefficient (Wildman–Crippen LogP) is 5.63. The van der Waals surface area contributed by atoms with Crippen LogP contribution in [0.5, 0.6) is 0 Å². The molecule has 2 aliphatic heterocycles. The number of aliphatic imine (C=N–C) groups is 1. The average molecular weight is 459 g/mol. The lowest BCUT2D eigenvalue weighted by molar-refractivity contribution is -0.134. The summed E-state index contributed by atoms with van der Waals surface area (Å²) in [7, 11) is 0. The first-order chi connectivity index (χ1) is 15.2. The molecule has 1 aromatic heterocycles. The fraction of sp³-hybridized carbons (Fsp3) is 0.136. The molecule has 10 heteroatoms. The van der Waals surface area contributed by atoms with E-state index in [4.69, 9.17) is 0 Å². The van der Waals surface area contributed by atoms with Crippen molar-refractivity contribution >= 4 is 40.9 Å². The minimum Gasteiger partial charge on any atom is -0.277 e. The zero-order valence-corrected chi connectivity index (χ0v) is 16.9. The molecule has 2 aromatic carbocycles. The van der Waals surface area contributed by atoms with E-state index in [2.05, 4.69) is 10.3 Å². The molecule has 0 bridgehead atoms. The highest BCUT2D eigenvalue weighted by atomic mass is 32.1. The number of thiophene rings is 1. The lowest BCUT2D eigenvalue weighted by atomic mass is 10.00. The first-order valence-electron chi connectivity index (χ1n) is 9.47. The van der Waals surface area contributed by atoms with Crippen molar-refractivity contribution < 1.29 is 27.2 Å². The van der Waals surface area contributed by atoms with Gasteiger partial charge in [0.1, 0.15) is 16.7 Å². The van der Waals surface area contributed by atoms with Crippen LogP contribution in [0.4, 0.5) is 33.7 Å².